The highest BCUT2D eigenvalue weighted by Gasteiger charge is 2.41. The fourth-order valence-corrected chi connectivity index (χ4v) is 3.34. The first-order chi connectivity index (χ1) is 12.6. The van der Waals surface area contributed by atoms with Crippen LogP contribution in [0.2, 0.25) is 0 Å². The SMILES string of the molecule is Cc1ccc(C2=NOCC2C[C@@H]2NC(=O)N(c3ccccc3)C2=O)cc1. The lowest BCUT2D eigenvalue weighted by Gasteiger charge is -2.15. The molecule has 0 aliphatic carbocycles. The van der Waals surface area contributed by atoms with Crippen LogP contribution >= 0.6 is 0 Å². The first-order valence-corrected chi connectivity index (χ1v) is 8.60. The second-order valence-corrected chi connectivity index (χ2v) is 6.58. The van der Waals surface area contributed by atoms with Crippen molar-refractivity contribution >= 4 is 23.3 Å². The minimum absolute atomic E-state index is 0.0392. The summed E-state index contributed by atoms with van der Waals surface area (Å²) in [5, 5.41) is 6.95. The minimum atomic E-state index is -0.579. The molecule has 26 heavy (non-hydrogen) atoms. The van der Waals surface area contributed by atoms with E-state index in [0.29, 0.717) is 18.7 Å². The lowest BCUT2D eigenvalue weighted by Crippen LogP contribution is -2.34. The van der Waals surface area contributed by atoms with Crippen LogP contribution in [0.1, 0.15) is 17.5 Å². The van der Waals surface area contributed by atoms with E-state index in [-0.39, 0.29) is 17.9 Å². The zero-order valence-corrected chi connectivity index (χ0v) is 14.4. The minimum Gasteiger partial charge on any atom is -0.395 e. The summed E-state index contributed by atoms with van der Waals surface area (Å²) >= 11 is 0. The number of aryl methyl sites for hydroxylation is 1. The van der Waals surface area contributed by atoms with Gasteiger partial charge in [0.25, 0.3) is 5.91 Å². The van der Waals surface area contributed by atoms with Crippen LogP contribution in [0.4, 0.5) is 10.5 Å². The zero-order valence-electron chi connectivity index (χ0n) is 14.4. The number of anilines is 1. The number of carbonyl (C=O) groups is 2. The number of hydrogen-bond acceptors (Lipinski definition) is 4. The van der Waals surface area contributed by atoms with Gasteiger partial charge in [-0.25, -0.2) is 9.69 Å². The Bertz CT molecular complexity index is 862. The number of hydrogen-bond donors (Lipinski definition) is 1. The zero-order chi connectivity index (χ0) is 18.1. The van der Waals surface area contributed by atoms with Crippen LogP contribution in [0.5, 0.6) is 0 Å². The molecular weight excluding hydrogens is 330 g/mol. The van der Waals surface area contributed by atoms with Gasteiger partial charge in [-0.05, 0) is 31.0 Å². The van der Waals surface area contributed by atoms with Crippen LogP contribution in [0.15, 0.2) is 59.8 Å². The Balaban J connectivity index is 1.51. The van der Waals surface area contributed by atoms with Crippen molar-refractivity contribution in [3.63, 3.8) is 0 Å². The van der Waals surface area contributed by atoms with Gasteiger partial charge < -0.3 is 10.2 Å². The number of urea groups is 1. The number of benzene rings is 2. The fraction of sp³-hybridized carbons (Fsp3) is 0.250. The molecule has 0 bridgehead atoms. The third kappa shape index (κ3) is 2.94. The number of nitrogens with zero attached hydrogens (tertiary/aromatic N) is 2. The van der Waals surface area contributed by atoms with Gasteiger partial charge in [0.05, 0.1) is 11.4 Å². The van der Waals surface area contributed by atoms with E-state index in [2.05, 4.69) is 10.5 Å². The van der Waals surface area contributed by atoms with E-state index in [1.807, 2.05) is 37.3 Å². The largest absolute Gasteiger partial charge is 0.395 e. The first kappa shape index (κ1) is 16.3. The molecule has 1 N–H and O–H groups in total. The lowest BCUT2D eigenvalue weighted by atomic mass is 9.91. The normalized spacial score (nSPS) is 22.2. The molecule has 2 atom stereocenters. The molecule has 3 amide bonds. The fourth-order valence-electron chi connectivity index (χ4n) is 3.34. The maximum Gasteiger partial charge on any atom is 0.329 e. The second-order valence-electron chi connectivity index (χ2n) is 6.58. The van der Waals surface area contributed by atoms with Gasteiger partial charge in [-0.15, -0.1) is 0 Å². The Morgan fingerprint density at radius 1 is 1.12 bits per heavy atom. The molecular formula is C20H19N3O3. The molecule has 2 aromatic carbocycles. The lowest BCUT2D eigenvalue weighted by molar-refractivity contribution is -0.118. The Morgan fingerprint density at radius 3 is 2.58 bits per heavy atom. The maximum atomic E-state index is 12.8. The summed E-state index contributed by atoms with van der Waals surface area (Å²) in [6, 6.07) is 16.0. The maximum absolute atomic E-state index is 12.8. The quantitative estimate of drug-likeness (QED) is 0.863. The summed E-state index contributed by atoms with van der Waals surface area (Å²) in [5.41, 5.74) is 3.55. The Labute approximate surface area is 151 Å². The number of oxime groups is 1. The molecule has 2 heterocycles. The molecule has 0 saturated carbocycles. The Kier molecular flexibility index (Phi) is 4.16. The molecule has 1 unspecified atom stereocenters. The van der Waals surface area contributed by atoms with E-state index >= 15 is 0 Å². The molecule has 0 radical (unpaired) electrons. The van der Waals surface area contributed by atoms with Gasteiger partial charge >= 0.3 is 6.03 Å². The number of carbonyl (C=O) groups excluding carboxylic acids is 2. The number of nitrogens with one attached hydrogen (secondary N) is 1. The molecule has 2 aliphatic rings. The van der Waals surface area contributed by atoms with Crippen LogP contribution < -0.4 is 10.2 Å². The van der Waals surface area contributed by atoms with Gasteiger partial charge in [0.15, 0.2) is 0 Å². The predicted octanol–water partition coefficient (Wildman–Crippen LogP) is 2.86. The highest BCUT2D eigenvalue weighted by atomic mass is 16.6. The van der Waals surface area contributed by atoms with Crippen molar-refractivity contribution < 1.29 is 14.4 Å². The molecule has 1 fully saturated rings. The van der Waals surface area contributed by atoms with E-state index < -0.39 is 6.04 Å². The molecule has 0 aromatic heterocycles. The van der Waals surface area contributed by atoms with Gasteiger partial charge in [0, 0.05) is 5.92 Å². The molecule has 6 heteroatoms. The third-order valence-electron chi connectivity index (χ3n) is 4.73. The van der Waals surface area contributed by atoms with E-state index in [1.165, 1.54) is 10.5 Å². The van der Waals surface area contributed by atoms with Crippen LogP contribution in [0, 0.1) is 12.8 Å². The molecule has 2 aromatic rings. The summed E-state index contributed by atoms with van der Waals surface area (Å²) in [6.45, 7) is 2.44. The summed E-state index contributed by atoms with van der Waals surface area (Å²) in [5.74, 6) is -0.279. The molecule has 1 saturated heterocycles. The van der Waals surface area contributed by atoms with Crippen LogP contribution in [-0.4, -0.2) is 30.3 Å². The average Bonchev–Trinajstić information content (AvgIpc) is 3.21. The van der Waals surface area contributed by atoms with Gasteiger partial charge in [0.1, 0.15) is 12.6 Å². The third-order valence-corrected chi connectivity index (χ3v) is 4.73. The van der Waals surface area contributed by atoms with E-state index in [1.54, 1.807) is 24.3 Å². The standard InChI is InChI=1S/C20H19N3O3/c1-13-7-9-14(10-8-13)18-15(12-26-22-18)11-17-19(24)23(20(25)21-17)16-5-3-2-4-6-16/h2-10,15,17H,11-12H2,1H3,(H,21,25)/t15?,17-/m0/s1. The topological polar surface area (TPSA) is 71.0 Å². The van der Waals surface area contributed by atoms with Crippen molar-refractivity contribution in [1.82, 2.24) is 5.32 Å². The van der Waals surface area contributed by atoms with Crippen LogP contribution in [-0.2, 0) is 9.63 Å². The molecule has 0 spiro atoms. The van der Waals surface area contributed by atoms with Crippen LogP contribution in [0.25, 0.3) is 0 Å². The van der Waals surface area contributed by atoms with Crippen molar-refractivity contribution in [2.75, 3.05) is 11.5 Å². The van der Waals surface area contributed by atoms with Crippen molar-refractivity contribution in [2.45, 2.75) is 19.4 Å². The Morgan fingerprint density at radius 2 is 1.85 bits per heavy atom. The van der Waals surface area contributed by atoms with E-state index in [9.17, 15) is 9.59 Å². The Hall–Kier alpha value is -3.15. The molecule has 2 aliphatic heterocycles. The monoisotopic (exact) mass is 349 g/mol. The highest BCUT2D eigenvalue weighted by molar-refractivity contribution is 6.21. The van der Waals surface area contributed by atoms with Gasteiger partial charge in [-0.1, -0.05) is 53.2 Å². The number of amides is 3. The molecule has 132 valence electrons. The van der Waals surface area contributed by atoms with Gasteiger partial charge in [-0.2, -0.15) is 0 Å². The number of para-hydroxylation sites is 1. The summed E-state index contributed by atoms with van der Waals surface area (Å²) in [4.78, 5) is 31.5. The van der Waals surface area contributed by atoms with Crippen molar-refractivity contribution in [3.8, 4) is 0 Å². The predicted molar refractivity (Wildman–Crippen MR) is 98.0 cm³/mol. The van der Waals surface area contributed by atoms with Crippen molar-refractivity contribution in [2.24, 2.45) is 11.1 Å². The summed E-state index contributed by atoms with van der Waals surface area (Å²) < 4.78 is 0. The highest BCUT2D eigenvalue weighted by Crippen LogP contribution is 2.26. The van der Waals surface area contributed by atoms with Gasteiger partial charge in [-0.3, -0.25) is 4.79 Å². The smallest absolute Gasteiger partial charge is 0.329 e. The number of rotatable bonds is 4. The first-order valence-electron chi connectivity index (χ1n) is 8.60. The van der Waals surface area contributed by atoms with Crippen LogP contribution in [0.3, 0.4) is 0 Å². The molecule has 6 nitrogen and oxygen atoms in total. The van der Waals surface area contributed by atoms with Crippen molar-refractivity contribution in [1.29, 1.82) is 0 Å². The summed E-state index contributed by atoms with van der Waals surface area (Å²) in [7, 11) is 0. The number of imide groups is 1. The summed E-state index contributed by atoms with van der Waals surface area (Å²) in [6.07, 6.45) is 0.459. The van der Waals surface area contributed by atoms with E-state index in [4.69, 9.17) is 4.84 Å². The van der Waals surface area contributed by atoms with Crippen molar-refractivity contribution in [3.05, 3.63) is 65.7 Å². The van der Waals surface area contributed by atoms with E-state index in [0.717, 1.165) is 11.3 Å². The van der Waals surface area contributed by atoms with Gasteiger partial charge in [0.2, 0.25) is 0 Å². The molecule has 4 rings (SSSR count). The second kappa shape index (κ2) is 6.63. The average molecular weight is 349 g/mol.